The highest BCUT2D eigenvalue weighted by molar-refractivity contribution is 7.16. The highest BCUT2D eigenvalue weighted by Gasteiger charge is 2.12. The highest BCUT2D eigenvalue weighted by atomic mass is 32.1. The summed E-state index contributed by atoms with van der Waals surface area (Å²) in [6.07, 6.45) is 0.271. The molecule has 0 aliphatic carbocycles. The summed E-state index contributed by atoms with van der Waals surface area (Å²) in [6, 6.07) is 15.0. The first-order valence-corrected chi connectivity index (χ1v) is 9.36. The van der Waals surface area contributed by atoms with Gasteiger partial charge in [0.05, 0.1) is 28.8 Å². The zero-order chi connectivity index (χ0) is 18.5. The maximum Gasteiger partial charge on any atom is 0.338 e. The van der Waals surface area contributed by atoms with Gasteiger partial charge in [0.25, 0.3) is 5.91 Å². The van der Waals surface area contributed by atoms with Crippen molar-refractivity contribution in [2.75, 3.05) is 6.61 Å². The molecule has 0 bridgehead atoms. The first-order valence-electron chi connectivity index (χ1n) is 8.54. The quantitative estimate of drug-likeness (QED) is 0.647. The number of amides is 1. The van der Waals surface area contributed by atoms with Crippen LogP contribution in [0.5, 0.6) is 0 Å². The van der Waals surface area contributed by atoms with Crippen LogP contribution in [0.2, 0.25) is 0 Å². The van der Waals surface area contributed by atoms with Gasteiger partial charge in [0.15, 0.2) is 4.80 Å². The minimum Gasteiger partial charge on any atom is -0.462 e. The smallest absolute Gasteiger partial charge is 0.338 e. The number of esters is 1. The SMILES string of the molecule is CCOC(=O)c1ccc2c(c1)sc(=NC(=O)Cc1ccccc1)n2CC. The summed E-state index contributed by atoms with van der Waals surface area (Å²) in [5.74, 6) is -0.528. The number of benzene rings is 2. The molecule has 0 saturated heterocycles. The number of thiazole rings is 1. The van der Waals surface area contributed by atoms with Crippen molar-refractivity contribution in [2.45, 2.75) is 26.8 Å². The van der Waals surface area contributed by atoms with E-state index in [-0.39, 0.29) is 18.3 Å². The summed E-state index contributed by atoms with van der Waals surface area (Å²) < 4.78 is 7.94. The van der Waals surface area contributed by atoms with E-state index in [0.29, 0.717) is 23.5 Å². The van der Waals surface area contributed by atoms with E-state index in [0.717, 1.165) is 15.8 Å². The van der Waals surface area contributed by atoms with Gasteiger partial charge in [-0.25, -0.2) is 4.79 Å². The number of ether oxygens (including phenoxy) is 1. The minimum atomic E-state index is -0.343. The number of carbonyl (C=O) groups excluding carboxylic acids is 2. The van der Waals surface area contributed by atoms with Crippen molar-refractivity contribution in [3.8, 4) is 0 Å². The molecule has 0 aliphatic heterocycles. The first-order chi connectivity index (χ1) is 12.6. The molecular weight excluding hydrogens is 348 g/mol. The van der Waals surface area contributed by atoms with Gasteiger partial charge in [0.1, 0.15) is 0 Å². The van der Waals surface area contributed by atoms with Crippen LogP contribution >= 0.6 is 11.3 Å². The summed E-state index contributed by atoms with van der Waals surface area (Å²) in [4.78, 5) is 29.2. The lowest BCUT2D eigenvalue weighted by atomic mass is 10.1. The Kier molecular flexibility index (Phi) is 5.63. The molecule has 134 valence electrons. The van der Waals surface area contributed by atoms with Crippen LogP contribution in [-0.4, -0.2) is 23.1 Å². The average Bonchev–Trinajstić information content (AvgIpc) is 2.98. The van der Waals surface area contributed by atoms with Crippen LogP contribution in [0.3, 0.4) is 0 Å². The van der Waals surface area contributed by atoms with Gasteiger partial charge in [-0.2, -0.15) is 4.99 Å². The summed E-state index contributed by atoms with van der Waals surface area (Å²) in [7, 11) is 0. The third-order valence-electron chi connectivity index (χ3n) is 3.93. The van der Waals surface area contributed by atoms with Crippen molar-refractivity contribution in [1.82, 2.24) is 4.57 Å². The van der Waals surface area contributed by atoms with Crippen LogP contribution in [0.15, 0.2) is 53.5 Å². The standard InChI is InChI=1S/C20H20N2O3S/c1-3-22-16-11-10-15(19(24)25-4-2)13-17(16)26-20(22)21-18(23)12-14-8-6-5-7-9-14/h5-11,13H,3-4,12H2,1-2H3. The molecule has 1 heterocycles. The molecule has 0 N–H and O–H groups in total. The van der Waals surface area contributed by atoms with Crippen LogP contribution in [0.25, 0.3) is 10.2 Å². The second-order valence-electron chi connectivity index (χ2n) is 5.70. The van der Waals surface area contributed by atoms with Crippen LogP contribution in [-0.2, 0) is 22.5 Å². The normalized spacial score (nSPS) is 11.7. The molecule has 1 aromatic heterocycles. The molecule has 0 unspecified atom stereocenters. The summed E-state index contributed by atoms with van der Waals surface area (Å²) in [5, 5.41) is 0. The molecule has 0 spiro atoms. The summed E-state index contributed by atoms with van der Waals surface area (Å²) in [5.41, 5.74) is 2.40. The Morgan fingerprint density at radius 3 is 2.58 bits per heavy atom. The molecule has 2 aromatic carbocycles. The van der Waals surface area contributed by atoms with Gasteiger partial charge in [-0.05, 0) is 37.6 Å². The van der Waals surface area contributed by atoms with E-state index in [4.69, 9.17) is 4.74 Å². The van der Waals surface area contributed by atoms with E-state index in [1.165, 1.54) is 11.3 Å². The predicted octanol–water partition coefficient (Wildman–Crippen LogP) is 3.57. The van der Waals surface area contributed by atoms with Crippen molar-refractivity contribution >= 4 is 33.4 Å². The van der Waals surface area contributed by atoms with Gasteiger partial charge in [-0.15, -0.1) is 0 Å². The monoisotopic (exact) mass is 368 g/mol. The van der Waals surface area contributed by atoms with Crippen LogP contribution in [0.1, 0.15) is 29.8 Å². The molecule has 26 heavy (non-hydrogen) atoms. The fourth-order valence-electron chi connectivity index (χ4n) is 2.72. The summed E-state index contributed by atoms with van der Waals surface area (Å²) in [6.45, 7) is 4.81. The molecular formula is C20H20N2O3S. The zero-order valence-corrected chi connectivity index (χ0v) is 15.6. The topological polar surface area (TPSA) is 60.7 Å². The fraction of sp³-hybridized carbons (Fsp3) is 0.250. The third kappa shape index (κ3) is 3.91. The molecule has 0 saturated carbocycles. The Morgan fingerprint density at radius 1 is 1.12 bits per heavy atom. The van der Waals surface area contributed by atoms with Gasteiger partial charge in [-0.1, -0.05) is 41.7 Å². The van der Waals surface area contributed by atoms with Crippen molar-refractivity contribution in [3.63, 3.8) is 0 Å². The zero-order valence-electron chi connectivity index (χ0n) is 14.8. The number of carbonyl (C=O) groups is 2. The first kappa shape index (κ1) is 18.1. The van der Waals surface area contributed by atoms with Crippen LogP contribution in [0.4, 0.5) is 0 Å². The Balaban J connectivity index is 1.97. The molecule has 3 rings (SSSR count). The van der Waals surface area contributed by atoms with E-state index in [1.807, 2.05) is 47.9 Å². The van der Waals surface area contributed by atoms with Gasteiger partial charge in [-0.3, -0.25) is 4.79 Å². The molecule has 6 heteroatoms. The van der Waals surface area contributed by atoms with E-state index in [1.54, 1.807) is 19.1 Å². The van der Waals surface area contributed by atoms with Crippen molar-refractivity contribution in [3.05, 3.63) is 64.5 Å². The third-order valence-corrected chi connectivity index (χ3v) is 4.97. The number of aryl methyl sites for hydroxylation is 1. The van der Waals surface area contributed by atoms with Crippen LogP contribution in [0, 0.1) is 0 Å². The van der Waals surface area contributed by atoms with Gasteiger partial charge in [0, 0.05) is 6.54 Å². The number of rotatable bonds is 5. The Morgan fingerprint density at radius 2 is 1.88 bits per heavy atom. The number of hydrogen-bond donors (Lipinski definition) is 0. The molecule has 0 fully saturated rings. The molecule has 0 radical (unpaired) electrons. The second-order valence-corrected chi connectivity index (χ2v) is 6.71. The predicted molar refractivity (Wildman–Crippen MR) is 102 cm³/mol. The Labute approximate surface area is 155 Å². The maximum absolute atomic E-state index is 12.3. The lowest BCUT2D eigenvalue weighted by Crippen LogP contribution is -2.16. The fourth-order valence-corrected chi connectivity index (χ4v) is 3.87. The number of fused-ring (bicyclic) bond motifs is 1. The summed E-state index contributed by atoms with van der Waals surface area (Å²) >= 11 is 1.40. The highest BCUT2D eigenvalue weighted by Crippen LogP contribution is 2.20. The largest absolute Gasteiger partial charge is 0.462 e. The van der Waals surface area contributed by atoms with Crippen molar-refractivity contribution in [2.24, 2.45) is 4.99 Å². The number of nitrogens with zero attached hydrogens (tertiary/aromatic N) is 2. The molecule has 1 amide bonds. The molecule has 0 atom stereocenters. The lowest BCUT2D eigenvalue weighted by molar-refractivity contribution is -0.117. The van der Waals surface area contributed by atoms with Gasteiger partial charge >= 0.3 is 5.97 Å². The molecule has 0 aliphatic rings. The maximum atomic E-state index is 12.3. The number of hydrogen-bond acceptors (Lipinski definition) is 4. The second kappa shape index (κ2) is 8.10. The van der Waals surface area contributed by atoms with Crippen molar-refractivity contribution in [1.29, 1.82) is 0 Å². The van der Waals surface area contributed by atoms with E-state index < -0.39 is 0 Å². The van der Waals surface area contributed by atoms with Crippen molar-refractivity contribution < 1.29 is 14.3 Å². The molecule has 3 aromatic rings. The van der Waals surface area contributed by atoms with Crippen LogP contribution < -0.4 is 4.80 Å². The van der Waals surface area contributed by atoms with E-state index in [2.05, 4.69) is 4.99 Å². The molecule has 5 nitrogen and oxygen atoms in total. The number of aromatic nitrogens is 1. The van der Waals surface area contributed by atoms with E-state index in [9.17, 15) is 9.59 Å². The van der Waals surface area contributed by atoms with Gasteiger partial charge < -0.3 is 9.30 Å². The van der Waals surface area contributed by atoms with Gasteiger partial charge in [0.2, 0.25) is 0 Å². The van der Waals surface area contributed by atoms with E-state index >= 15 is 0 Å². The average molecular weight is 368 g/mol. The Bertz CT molecular complexity index is 1000. The lowest BCUT2D eigenvalue weighted by Gasteiger charge is -2.03. The minimum absolute atomic E-state index is 0.185. The Hall–Kier alpha value is -2.73.